The van der Waals surface area contributed by atoms with Crippen LogP contribution in [0.4, 0.5) is 4.39 Å². The lowest BCUT2D eigenvalue weighted by Crippen LogP contribution is -2.39. The lowest BCUT2D eigenvalue weighted by atomic mass is 10.0. The molecule has 5 nitrogen and oxygen atoms in total. The molecular formula is C15H21FN4O. The largest absolute Gasteiger partial charge is 0.409 e. The molecule has 0 saturated carbocycles. The number of benzene rings is 1. The Morgan fingerprint density at radius 1 is 1.43 bits per heavy atom. The third kappa shape index (κ3) is 2.87. The number of hydrogen-bond acceptors (Lipinski definition) is 4. The summed E-state index contributed by atoms with van der Waals surface area (Å²) in [7, 11) is 0. The van der Waals surface area contributed by atoms with Crippen LogP contribution in [0.1, 0.15) is 30.4 Å². The van der Waals surface area contributed by atoms with Gasteiger partial charge >= 0.3 is 0 Å². The Kier molecular flexibility index (Phi) is 4.07. The summed E-state index contributed by atoms with van der Waals surface area (Å²) in [6.45, 7) is 2.95. The Hall–Kier alpha value is -1.66. The maximum absolute atomic E-state index is 13.3. The number of halogens is 1. The molecule has 3 rings (SSSR count). The van der Waals surface area contributed by atoms with Crippen molar-refractivity contribution < 1.29 is 9.60 Å². The number of nitrogens with zero attached hydrogens (tertiary/aromatic N) is 2. The molecule has 0 radical (unpaired) electrons. The Balaban J connectivity index is 1.70. The van der Waals surface area contributed by atoms with E-state index in [1.54, 1.807) is 6.07 Å². The van der Waals surface area contributed by atoms with Gasteiger partial charge in [0.05, 0.1) is 0 Å². The first-order valence-electron chi connectivity index (χ1n) is 7.43. The summed E-state index contributed by atoms with van der Waals surface area (Å²) in [5, 5.41) is 15.4. The second kappa shape index (κ2) is 5.99. The zero-order valence-electron chi connectivity index (χ0n) is 11.9. The van der Waals surface area contributed by atoms with Crippen molar-refractivity contribution in [2.24, 2.45) is 10.9 Å². The monoisotopic (exact) mass is 292 g/mol. The van der Waals surface area contributed by atoms with Gasteiger partial charge in [-0.3, -0.25) is 4.90 Å². The highest BCUT2D eigenvalue weighted by Gasteiger charge is 2.36. The number of hydrogen-bond donors (Lipinski definition) is 3. The lowest BCUT2D eigenvalue weighted by Gasteiger charge is -2.22. The lowest BCUT2D eigenvalue weighted by molar-refractivity contribution is 0.298. The summed E-state index contributed by atoms with van der Waals surface area (Å²) in [5.41, 5.74) is 6.93. The maximum atomic E-state index is 13.3. The average molecular weight is 292 g/mol. The molecule has 0 aliphatic carbocycles. The Bertz CT molecular complexity index is 548. The van der Waals surface area contributed by atoms with Gasteiger partial charge in [-0.25, -0.2) is 4.39 Å². The third-order valence-corrected chi connectivity index (χ3v) is 4.62. The van der Waals surface area contributed by atoms with Gasteiger partial charge in [0, 0.05) is 30.7 Å². The summed E-state index contributed by atoms with van der Waals surface area (Å²) in [4.78, 5) is 2.53. The van der Waals surface area contributed by atoms with Crippen LogP contribution in [0, 0.1) is 5.82 Å². The fourth-order valence-electron chi connectivity index (χ4n) is 3.56. The van der Waals surface area contributed by atoms with Gasteiger partial charge in [0.15, 0.2) is 5.84 Å². The Morgan fingerprint density at radius 2 is 2.29 bits per heavy atom. The van der Waals surface area contributed by atoms with Crippen molar-refractivity contribution >= 4 is 5.84 Å². The van der Waals surface area contributed by atoms with E-state index >= 15 is 0 Å². The molecule has 2 saturated heterocycles. The second-order valence-electron chi connectivity index (χ2n) is 5.81. The third-order valence-electron chi connectivity index (χ3n) is 4.62. The SMILES string of the molecule is NC(=NO)c1cc(F)ccc1CNC1CCN2CCCC12. The van der Waals surface area contributed by atoms with E-state index in [2.05, 4.69) is 15.4 Å². The van der Waals surface area contributed by atoms with Gasteiger partial charge in [-0.1, -0.05) is 11.2 Å². The fraction of sp³-hybridized carbons (Fsp3) is 0.533. The fourth-order valence-corrected chi connectivity index (χ4v) is 3.56. The molecule has 4 N–H and O–H groups in total. The molecule has 1 aromatic carbocycles. The van der Waals surface area contributed by atoms with Gasteiger partial charge in [-0.15, -0.1) is 0 Å². The summed E-state index contributed by atoms with van der Waals surface area (Å²) >= 11 is 0. The van der Waals surface area contributed by atoms with Crippen LogP contribution in [0.15, 0.2) is 23.4 Å². The highest BCUT2D eigenvalue weighted by molar-refractivity contribution is 5.98. The first kappa shape index (κ1) is 14.3. The molecule has 0 bridgehead atoms. The predicted molar refractivity (Wildman–Crippen MR) is 78.8 cm³/mol. The minimum atomic E-state index is -0.386. The number of oxime groups is 1. The number of nitrogens with two attached hydrogens (primary N) is 1. The van der Waals surface area contributed by atoms with E-state index in [9.17, 15) is 4.39 Å². The number of nitrogens with one attached hydrogen (secondary N) is 1. The zero-order valence-corrected chi connectivity index (χ0v) is 11.9. The van der Waals surface area contributed by atoms with Crippen molar-refractivity contribution in [2.45, 2.75) is 37.9 Å². The van der Waals surface area contributed by atoms with Gasteiger partial charge in [0.1, 0.15) is 5.82 Å². The maximum Gasteiger partial charge on any atom is 0.170 e. The normalized spacial score (nSPS) is 26.2. The number of rotatable bonds is 4. The van der Waals surface area contributed by atoms with Crippen molar-refractivity contribution in [3.05, 3.63) is 35.1 Å². The van der Waals surface area contributed by atoms with Crippen molar-refractivity contribution in [3.8, 4) is 0 Å². The summed E-state index contributed by atoms with van der Waals surface area (Å²) in [6, 6.07) is 5.50. The van der Waals surface area contributed by atoms with Gasteiger partial charge in [-0.2, -0.15) is 0 Å². The van der Waals surface area contributed by atoms with E-state index in [0.717, 1.165) is 18.5 Å². The number of amidine groups is 1. The minimum Gasteiger partial charge on any atom is -0.409 e. The van der Waals surface area contributed by atoms with E-state index < -0.39 is 0 Å². The van der Waals surface area contributed by atoms with E-state index in [1.165, 1.54) is 31.5 Å². The smallest absolute Gasteiger partial charge is 0.170 e. The Morgan fingerprint density at radius 3 is 3.10 bits per heavy atom. The zero-order chi connectivity index (χ0) is 14.8. The van der Waals surface area contributed by atoms with E-state index in [1.807, 2.05) is 0 Å². The molecule has 2 aliphatic heterocycles. The molecule has 0 spiro atoms. The predicted octanol–water partition coefficient (Wildman–Crippen LogP) is 1.25. The molecule has 6 heteroatoms. The van der Waals surface area contributed by atoms with Crippen LogP contribution in [0.25, 0.3) is 0 Å². The van der Waals surface area contributed by atoms with Gasteiger partial charge < -0.3 is 16.3 Å². The summed E-state index contributed by atoms with van der Waals surface area (Å²) in [6.07, 6.45) is 3.66. The highest BCUT2D eigenvalue weighted by atomic mass is 19.1. The van der Waals surface area contributed by atoms with Crippen LogP contribution in [0.2, 0.25) is 0 Å². The summed E-state index contributed by atoms with van der Waals surface area (Å²) < 4.78 is 13.3. The van der Waals surface area contributed by atoms with Crippen molar-refractivity contribution in [1.82, 2.24) is 10.2 Å². The average Bonchev–Trinajstić information content (AvgIpc) is 3.09. The van der Waals surface area contributed by atoms with E-state index in [0.29, 0.717) is 24.2 Å². The molecule has 1 aromatic rings. The quantitative estimate of drug-likeness (QED) is 0.338. The van der Waals surface area contributed by atoms with Crippen molar-refractivity contribution in [3.63, 3.8) is 0 Å². The topological polar surface area (TPSA) is 73.9 Å². The van der Waals surface area contributed by atoms with Crippen LogP contribution in [0.5, 0.6) is 0 Å². The van der Waals surface area contributed by atoms with Crippen molar-refractivity contribution in [2.75, 3.05) is 13.1 Å². The molecule has 114 valence electrons. The molecular weight excluding hydrogens is 271 g/mol. The molecule has 0 amide bonds. The minimum absolute atomic E-state index is 0.0554. The second-order valence-corrected chi connectivity index (χ2v) is 5.81. The van der Waals surface area contributed by atoms with Crippen LogP contribution in [-0.2, 0) is 6.54 Å². The Labute approximate surface area is 123 Å². The van der Waals surface area contributed by atoms with E-state index in [4.69, 9.17) is 10.9 Å². The molecule has 0 aromatic heterocycles. The number of fused-ring (bicyclic) bond motifs is 1. The van der Waals surface area contributed by atoms with Gasteiger partial charge in [-0.05, 0) is 43.5 Å². The first-order chi connectivity index (χ1) is 10.2. The molecule has 2 heterocycles. The van der Waals surface area contributed by atoms with Crippen LogP contribution in [0.3, 0.4) is 0 Å². The standard InChI is InChI=1S/C15H21FN4O/c16-11-4-3-10(12(8-11)15(17)19-21)9-18-13-5-7-20-6-1-2-14(13)20/h3-4,8,13-14,18,21H,1-2,5-7,9H2,(H2,17,19). The van der Waals surface area contributed by atoms with Crippen molar-refractivity contribution in [1.29, 1.82) is 0 Å². The molecule has 2 unspecified atom stereocenters. The van der Waals surface area contributed by atoms with E-state index in [-0.39, 0.29) is 11.7 Å². The van der Waals surface area contributed by atoms with Crippen LogP contribution < -0.4 is 11.1 Å². The highest BCUT2D eigenvalue weighted by Crippen LogP contribution is 2.28. The van der Waals surface area contributed by atoms with Gasteiger partial charge in [0.2, 0.25) is 0 Å². The first-order valence-corrected chi connectivity index (χ1v) is 7.43. The van der Waals surface area contributed by atoms with Crippen LogP contribution in [-0.4, -0.2) is 41.1 Å². The molecule has 2 atom stereocenters. The molecule has 2 fully saturated rings. The van der Waals surface area contributed by atoms with Gasteiger partial charge in [0.25, 0.3) is 0 Å². The molecule has 21 heavy (non-hydrogen) atoms. The molecule has 2 aliphatic rings. The summed E-state index contributed by atoms with van der Waals surface area (Å²) in [5.74, 6) is -0.441. The van der Waals surface area contributed by atoms with Crippen LogP contribution >= 0.6 is 0 Å².